The van der Waals surface area contributed by atoms with Gasteiger partial charge in [0, 0.05) is 5.57 Å². The Balaban J connectivity index is 0. The molecule has 0 aromatic heterocycles. The van der Waals surface area contributed by atoms with Gasteiger partial charge in [0.1, 0.15) is 0 Å². The molecule has 0 unspecified atom stereocenters. The molecule has 84 valence electrons. The Hall–Kier alpha value is -0.830. The maximum atomic E-state index is 11.1. The zero-order chi connectivity index (χ0) is 10.3. The van der Waals surface area contributed by atoms with E-state index in [1.165, 1.54) is 5.57 Å². The van der Waals surface area contributed by atoms with Gasteiger partial charge in [-0.2, -0.15) is 0 Å². The average molecular weight is 200 g/mol. The summed E-state index contributed by atoms with van der Waals surface area (Å²) in [5.74, 6) is -0.237. The Labute approximate surface area is 87.3 Å². The van der Waals surface area contributed by atoms with Gasteiger partial charge in [-0.1, -0.05) is 39.2 Å². The van der Waals surface area contributed by atoms with Crippen LogP contribution in [0.4, 0.5) is 0 Å². The van der Waals surface area contributed by atoms with Crippen LogP contribution in [0.25, 0.3) is 0 Å². The summed E-state index contributed by atoms with van der Waals surface area (Å²) in [6.45, 7) is 6.25. The molecular formula is C11H24N2O. The Morgan fingerprint density at radius 1 is 1.07 bits per heavy atom. The minimum Gasteiger partial charge on any atom is -0.366 e. The molecule has 0 bridgehead atoms. The second-order valence-corrected chi connectivity index (χ2v) is 3.30. The summed E-state index contributed by atoms with van der Waals surface area (Å²) in [6, 6.07) is 0. The molecular weight excluding hydrogens is 176 g/mol. The predicted molar refractivity (Wildman–Crippen MR) is 61.3 cm³/mol. The Morgan fingerprint density at radius 2 is 1.50 bits per heavy atom. The number of rotatable bonds is 6. The van der Waals surface area contributed by atoms with Crippen molar-refractivity contribution >= 4 is 5.91 Å². The molecule has 0 radical (unpaired) electrons. The topological polar surface area (TPSA) is 78.1 Å². The Kier molecular flexibility index (Phi) is 9.78. The highest BCUT2D eigenvalue weighted by atomic mass is 16.1. The van der Waals surface area contributed by atoms with Crippen LogP contribution in [-0.2, 0) is 4.79 Å². The highest BCUT2D eigenvalue weighted by Crippen LogP contribution is 2.19. The second kappa shape index (κ2) is 8.75. The monoisotopic (exact) mass is 200 g/mol. The van der Waals surface area contributed by atoms with Crippen LogP contribution in [0.3, 0.4) is 0 Å². The number of carbonyl (C=O) groups excluding carboxylic acids is 1. The van der Waals surface area contributed by atoms with Crippen LogP contribution in [0.5, 0.6) is 0 Å². The van der Waals surface area contributed by atoms with Crippen LogP contribution >= 0.6 is 0 Å². The lowest BCUT2D eigenvalue weighted by Crippen LogP contribution is -2.15. The van der Waals surface area contributed by atoms with E-state index in [-0.39, 0.29) is 12.1 Å². The third-order valence-corrected chi connectivity index (χ3v) is 2.18. The minimum absolute atomic E-state index is 0. The van der Waals surface area contributed by atoms with Crippen LogP contribution in [0, 0.1) is 0 Å². The predicted octanol–water partition coefficient (Wildman–Crippen LogP) is 2.94. The van der Waals surface area contributed by atoms with Gasteiger partial charge in [0.05, 0.1) is 0 Å². The number of nitrogens with two attached hydrogens (primary N) is 1. The quantitative estimate of drug-likeness (QED) is 0.646. The van der Waals surface area contributed by atoms with Gasteiger partial charge < -0.3 is 11.9 Å². The first-order valence-corrected chi connectivity index (χ1v) is 5.17. The lowest BCUT2D eigenvalue weighted by Gasteiger charge is -2.09. The van der Waals surface area contributed by atoms with Gasteiger partial charge in [-0.15, -0.1) is 0 Å². The fourth-order valence-electron chi connectivity index (χ4n) is 1.63. The number of hydrogen-bond donors (Lipinski definition) is 2. The summed E-state index contributed by atoms with van der Waals surface area (Å²) in [7, 11) is 0. The maximum absolute atomic E-state index is 11.1. The van der Waals surface area contributed by atoms with Crippen LogP contribution in [0.2, 0.25) is 0 Å². The number of primary amides is 1. The van der Waals surface area contributed by atoms with E-state index in [1.807, 2.05) is 6.92 Å². The molecule has 3 heteroatoms. The van der Waals surface area contributed by atoms with Crippen molar-refractivity contribution < 1.29 is 4.79 Å². The largest absolute Gasteiger partial charge is 0.366 e. The van der Waals surface area contributed by atoms with E-state index in [1.54, 1.807) is 0 Å². The molecule has 0 saturated heterocycles. The van der Waals surface area contributed by atoms with Crippen molar-refractivity contribution in [1.82, 2.24) is 6.15 Å². The van der Waals surface area contributed by atoms with E-state index >= 15 is 0 Å². The summed E-state index contributed by atoms with van der Waals surface area (Å²) in [4.78, 5) is 11.1. The number of carbonyl (C=O) groups is 1. The van der Waals surface area contributed by atoms with Crippen molar-refractivity contribution in [3.05, 3.63) is 11.1 Å². The van der Waals surface area contributed by atoms with E-state index < -0.39 is 0 Å². The van der Waals surface area contributed by atoms with Gasteiger partial charge in [0.15, 0.2) is 0 Å². The fourth-order valence-corrected chi connectivity index (χ4v) is 1.63. The summed E-state index contributed by atoms with van der Waals surface area (Å²) in [5, 5.41) is 0. The number of amides is 1. The van der Waals surface area contributed by atoms with Gasteiger partial charge in [0.2, 0.25) is 5.91 Å². The first-order valence-electron chi connectivity index (χ1n) is 5.17. The van der Waals surface area contributed by atoms with Gasteiger partial charge in [-0.05, 0) is 19.3 Å². The van der Waals surface area contributed by atoms with E-state index in [9.17, 15) is 4.79 Å². The normalized spacial score (nSPS) is 9.07. The molecule has 14 heavy (non-hydrogen) atoms. The lowest BCUT2D eigenvalue weighted by molar-refractivity contribution is -0.114. The van der Waals surface area contributed by atoms with Gasteiger partial charge in [-0.3, -0.25) is 4.79 Å². The van der Waals surface area contributed by atoms with Crippen LogP contribution in [0.1, 0.15) is 52.9 Å². The molecule has 1 amide bonds. The average Bonchev–Trinajstić information content (AvgIpc) is 2.05. The van der Waals surface area contributed by atoms with E-state index in [0.717, 1.165) is 37.7 Å². The van der Waals surface area contributed by atoms with Crippen molar-refractivity contribution in [2.45, 2.75) is 52.9 Å². The third kappa shape index (κ3) is 5.02. The zero-order valence-electron chi connectivity index (χ0n) is 9.73. The second-order valence-electron chi connectivity index (χ2n) is 3.30. The smallest absolute Gasteiger partial charge is 0.244 e. The molecule has 0 aromatic rings. The van der Waals surface area contributed by atoms with Crippen molar-refractivity contribution in [3.63, 3.8) is 0 Å². The van der Waals surface area contributed by atoms with Gasteiger partial charge in [-0.25, -0.2) is 0 Å². The van der Waals surface area contributed by atoms with Gasteiger partial charge in [0.25, 0.3) is 0 Å². The van der Waals surface area contributed by atoms with Crippen molar-refractivity contribution in [1.29, 1.82) is 0 Å². The molecule has 0 fully saturated rings. The van der Waals surface area contributed by atoms with E-state index in [0.29, 0.717) is 0 Å². The molecule has 0 aromatic carbocycles. The Bertz CT molecular complexity index is 189. The third-order valence-electron chi connectivity index (χ3n) is 2.18. The maximum Gasteiger partial charge on any atom is 0.244 e. The summed E-state index contributed by atoms with van der Waals surface area (Å²) in [5.41, 5.74) is 7.43. The molecule has 0 spiro atoms. The van der Waals surface area contributed by atoms with Crippen molar-refractivity contribution in [2.24, 2.45) is 5.73 Å². The summed E-state index contributed by atoms with van der Waals surface area (Å²) >= 11 is 0. The van der Waals surface area contributed by atoms with Crippen LogP contribution < -0.4 is 11.9 Å². The fraction of sp³-hybridized carbons (Fsp3) is 0.727. The molecule has 0 aliphatic rings. The highest BCUT2D eigenvalue weighted by molar-refractivity contribution is 5.92. The zero-order valence-corrected chi connectivity index (χ0v) is 9.73. The molecule has 0 aliphatic heterocycles. The van der Waals surface area contributed by atoms with Crippen molar-refractivity contribution in [3.8, 4) is 0 Å². The number of hydrogen-bond acceptors (Lipinski definition) is 2. The highest BCUT2D eigenvalue weighted by Gasteiger charge is 2.08. The molecule has 3 nitrogen and oxygen atoms in total. The molecule has 0 rings (SSSR count). The molecule has 0 atom stereocenters. The first-order chi connectivity index (χ1) is 6.17. The summed E-state index contributed by atoms with van der Waals surface area (Å²) in [6.07, 6.45) is 4.97. The molecule has 0 saturated carbocycles. The molecule has 5 N–H and O–H groups in total. The van der Waals surface area contributed by atoms with Crippen LogP contribution in [-0.4, -0.2) is 5.91 Å². The summed E-state index contributed by atoms with van der Waals surface area (Å²) < 4.78 is 0. The minimum atomic E-state index is -0.237. The van der Waals surface area contributed by atoms with Gasteiger partial charge >= 0.3 is 0 Å². The van der Waals surface area contributed by atoms with E-state index in [4.69, 9.17) is 5.73 Å². The first kappa shape index (κ1) is 15.6. The molecule has 0 heterocycles. The van der Waals surface area contributed by atoms with Crippen molar-refractivity contribution in [2.75, 3.05) is 0 Å². The Morgan fingerprint density at radius 3 is 1.71 bits per heavy atom. The lowest BCUT2D eigenvalue weighted by atomic mass is 9.97. The van der Waals surface area contributed by atoms with Crippen LogP contribution in [0.15, 0.2) is 11.1 Å². The SMILES string of the molecule is CCCC(CCC)=C(CC)C(N)=O.N. The number of allylic oxidation sites excluding steroid dienone is 1. The molecule has 0 aliphatic carbocycles. The van der Waals surface area contributed by atoms with E-state index in [2.05, 4.69) is 13.8 Å². The standard InChI is InChI=1S/C11H21NO.H3N/c1-4-7-9(8-5-2)10(6-3)11(12)13;/h4-8H2,1-3H3,(H2,12,13);1H3.